The molecular formula is C33H25BrN6O4. The van der Waals surface area contributed by atoms with Gasteiger partial charge in [0, 0.05) is 45.1 Å². The second-order valence-electron chi connectivity index (χ2n) is 10.2. The molecule has 0 spiro atoms. The number of hydrogen-bond donors (Lipinski definition) is 2. The van der Waals surface area contributed by atoms with Crippen LogP contribution < -0.4 is 11.0 Å². The van der Waals surface area contributed by atoms with Gasteiger partial charge in [0.25, 0.3) is 17.2 Å². The SMILES string of the molecule is O=C(CN1N=C(c2c(-c3ccccc3)c3cc(Br)ccc3[nH]c2=O)C[C@@H]1c1ccccc1)N/N=C\c1cccc([N+](=O)[O-])c1. The Morgan fingerprint density at radius 1 is 1.02 bits per heavy atom. The number of rotatable bonds is 8. The molecule has 44 heavy (non-hydrogen) atoms. The summed E-state index contributed by atoms with van der Waals surface area (Å²) in [5, 5.41) is 22.4. The third-order valence-corrected chi connectivity index (χ3v) is 7.79. The van der Waals surface area contributed by atoms with Crippen LogP contribution >= 0.6 is 15.9 Å². The minimum absolute atomic E-state index is 0.0733. The lowest BCUT2D eigenvalue weighted by molar-refractivity contribution is -0.384. The quantitative estimate of drug-likeness (QED) is 0.118. The Hall–Kier alpha value is -5.42. The van der Waals surface area contributed by atoms with Gasteiger partial charge in [-0.25, -0.2) is 5.43 Å². The van der Waals surface area contributed by atoms with E-state index in [-0.39, 0.29) is 23.8 Å². The van der Waals surface area contributed by atoms with E-state index in [0.29, 0.717) is 28.8 Å². The topological polar surface area (TPSA) is 133 Å². The maximum absolute atomic E-state index is 13.7. The molecule has 1 aromatic heterocycles. The molecule has 4 aromatic carbocycles. The van der Waals surface area contributed by atoms with Gasteiger partial charge in [-0.1, -0.05) is 88.7 Å². The van der Waals surface area contributed by atoms with Gasteiger partial charge in [0.1, 0.15) is 6.54 Å². The van der Waals surface area contributed by atoms with Crippen LogP contribution in [0.3, 0.4) is 0 Å². The van der Waals surface area contributed by atoms with Crippen LogP contribution in [0.1, 0.15) is 29.2 Å². The number of non-ortho nitro benzene ring substituents is 1. The monoisotopic (exact) mass is 648 g/mol. The van der Waals surface area contributed by atoms with Crippen molar-refractivity contribution in [3.05, 3.63) is 145 Å². The number of amides is 1. The number of hydrazone groups is 2. The first kappa shape index (κ1) is 28.7. The van der Waals surface area contributed by atoms with Gasteiger partial charge in [0.2, 0.25) is 0 Å². The highest BCUT2D eigenvalue weighted by molar-refractivity contribution is 9.10. The molecule has 0 saturated heterocycles. The summed E-state index contributed by atoms with van der Waals surface area (Å²) in [6, 6.07) is 30.8. The molecule has 0 radical (unpaired) electrons. The number of halogens is 1. The molecule has 11 heteroatoms. The zero-order chi connectivity index (χ0) is 30.6. The lowest BCUT2D eigenvalue weighted by atomic mass is 9.91. The molecule has 0 aliphatic carbocycles. The molecular weight excluding hydrogens is 624 g/mol. The lowest BCUT2D eigenvalue weighted by Gasteiger charge is -2.22. The van der Waals surface area contributed by atoms with Crippen molar-refractivity contribution in [3.63, 3.8) is 0 Å². The van der Waals surface area contributed by atoms with Crippen molar-refractivity contribution < 1.29 is 9.72 Å². The fraction of sp³-hybridized carbons (Fsp3) is 0.0909. The number of benzene rings is 4. The number of fused-ring (bicyclic) bond motifs is 1. The maximum atomic E-state index is 13.7. The third-order valence-electron chi connectivity index (χ3n) is 7.30. The number of nitrogens with zero attached hydrogens (tertiary/aromatic N) is 4. The molecule has 1 amide bonds. The molecule has 6 rings (SSSR count). The van der Waals surface area contributed by atoms with Crippen molar-refractivity contribution >= 4 is 50.4 Å². The van der Waals surface area contributed by atoms with E-state index >= 15 is 0 Å². The van der Waals surface area contributed by atoms with Crippen molar-refractivity contribution in [3.8, 4) is 11.1 Å². The molecule has 2 heterocycles. The zero-order valence-corrected chi connectivity index (χ0v) is 24.8. The number of pyridine rings is 1. The van der Waals surface area contributed by atoms with Crippen molar-refractivity contribution in [2.24, 2.45) is 10.2 Å². The third kappa shape index (κ3) is 6.04. The van der Waals surface area contributed by atoms with Gasteiger partial charge in [-0.2, -0.15) is 10.2 Å². The predicted molar refractivity (Wildman–Crippen MR) is 174 cm³/mol. The standard InChI is InChI=1S/C33H25BrN6O4/c34-24-14-15-27-26(17-24)31(23-11-5-2-6-12-23)32(33(42)36-27)28-18-29(22-9-3-1-4-10-22)39(38-28)20-30(41)37-35-19-21-8-7-13-25(16-21)40(43)44/h1-17,19,29H,18,20H2,(H,36,42)(H,37,41)/b35-19-/t29-/m1/s1. The highest BCUT2D eigenvalue weighted by Crippen LogP contribution is 2.37. The summed E-state index contributed by atoms with van der Waals surface area (Å²) in [6.45, 7) is -0.132. The van der Waals surface area contributed by atoms with E-state index in [4.69, 9.17) is 5.10 Å². The number of H-pyrrole nitrogens is 1. The minimum Gasteiger partial charge on any atom is -0.321 e. The van der Waals surface area contributed by atoms with Gasteiger partial charge < -0.3 is 4.98 Å². The molecule has 1 atom stereocenters. The van der Waals surface area contributed by atoms with E-state index in [1.807, 2.05) is 78.9 Å². The molecule has 2 N–H and O–H groups in total. The van der Waals surface area contributed by atoms with E-state index in [1.54, 1.807) is 17.1 Å². The fourth-order valence-corrected chi connectivity index (χ4v) is 5.70. The number of hydrogen-bond acceptors (Lipinski definition) is 7. The summed E-state index contributed by atoms with van der Waals surface area (Å²) in [4.78, 5) is 40.3. The van der Waals surface area contributed by atoms with Gasteiger partial charge in [0.05, 0.1) is 28.5 Å². The van der Waals surface area contributed by atoms with E-state index in [9.17, 15) is 19.7 Å². The number of carbonyl (C=O) groups excluding carboxylic acids is 1. The van der Waals surface area contributed by atoms with Gasteiger partial charge in [0.15, 0.2) is 0 Å². The van der Waals surface area contributed by atoms with Crippen molar-refractivity contribution in [1.82, 2.24) is 15.4 Å². The summed E-state index contributed by atoms with van der Waals surface area (Å²) < 4.78 is 0.875. The maximum Gasteiger partial charge on any atom is 0.270 e. The van der Waals surface area contributed by atoms with Crippen LogP contribution in [0.5, 0.6) is 0 Å². The molecule has 1 aliphatic heterocycles. The number of nitro groups is 1. The van der Waals surface area contributed by atoms with E-state index in [2.05, 4.69) is 31.4 Å². The fourth-order valence-electron chi connectivity index (χ4n) is 5.34. The Kier molecular flexibility index (Phi) is 8.11. The summed E-state index contributed by atoms with van der Waals surface area (Å²) >= 11 is 3.57. The Balaban J connectivity index is 1.36. The van der Waals surface area contributed by atoms with Crippen molar-refractivity contribution in [1.29, 1.82) is 0 Å². The molecule has 0 saturated carbocycles. The number of aromatic amines is 1. The number of nitro benzene ring substituents is 1. The van der Waals surface area contributed by atoms with Gasteiger partial charge in [-0.3, -0.25) is 24.7 Å². The molecule has 1 aliphatic rings. The highest BCUT2D eigenvalue weighted by Gasteiger charge is 2.33. The Bertz CT molecular complexity index is 1990. The first-order valence-electron chi connectivity index (χ1n) is 13.7. The van der Waals surface area contributed by atoms with Gasteiger partial charge in [-0.15, -0.1) is 0 Å². The average Bonchev–Trinajstić information content (AvgIpc) is 3.44. The van der Waals surface area contributed by atoms with Gasteiger partial charge >= 0.3 is 0 Å². The van der Waals surface area contributed by atoms with E-state index in [0.717, 1.165) is 26.5 Å². The van der Waals surface area contributed by atoms with Crippen LogP contribution in [0, 0.1) is 10.1 Å². The number of nitrogens with one attached hydrogen (secondary N) is 2. The van der Waals surface area contributed by atoms with Crippen LogP contribution in [0.4, 0.5) is 5.69 Å². The van der Waals surface area contributed by atoms with Crippen LogP contribution in [-0.2, 0) is 4.79 Å². The molecule has 10 nitrogen and oxygen atoms in total. The normalized spacial score (nSPS) is 14.6. The Morgan fingerprint density at radius 3 is 2.52 bits per heavy atom. The largest absolute Gasteiger partial charge is 0.321 e. The average molecular weight is 650 g/mol. The minimum atomic E-state index is -0.495. The van der Waals surface area contributed by atoms with Crippen molar-refractivity contribution in [2.45, 2.75) is 12.5 Å². The van der Waals surface area contributed by atoms with Crippen LogP contribution in [0.25, 0.3) is 22.0 Å². The van der Waals surface area contributed by atoms with Crippen LogP contribution in [0.2, 0.25) is 0 Å². The zero-order valence-electron chi connectivity index (χ0n) is 23.2. The summed E-state index contributed by atoms with van der Waals surface area (Å²) in [5.41, 5.74) is 6.93. The molecule has 0 bridgehead atoms. The number of aromatic nitrogens is 1. The number of carbonyl (C=O) groups is 1. The molecule has 0 fully saturated rings. The predicted octanol–water partition coefficient (Wildman–Crippen LogP) is 6.17. The Morgan fingerprint density at radius 2 is 1.77 bits per heavy atom. The smallest absolute Gasteiger partial charge is 0.270 e. The first-order chi connectivity index (χ1) is 21.4. The first-order valence-corrected chi connectivity index (χ1v) is 14.5. The molecule has 218 valence electrons. The van der Waals surface area contributed by atoms with E-state index in [1.165, 1.54) is 18.3 Å². The van der Waals surface area contributed by atoms with Crippen LogP contribution in [0.15, 0.2) is 123 Å². The highest BCUT2D eigenvalue weighted by atomic mass is 79.9. The summed E-state index contributed by atoms with van der Waals surface area (Å²) in [7, 11) is 0. The van der Waals surface area contributed by atoms with E-state index < -0.39 is 10.8 Å². The summed E-state index contributed by atoms with van der Waals surface area (Å²) in [6.07, 6.45) is 1.74. The lowest BCUT2D eigenvalue weighted by Crippen LogP contribution is -2.32. The molecule has 5 aromatic rings. The van der Waals surface area contributed by atoms with Crippen LogP contribution in [-0.4, -0.2) is 39.3 Å². The Labute approximate surface area is 260 Å². The second-order valence-corrected chi connectivity index (χ2v) is 11.1. The van der Waals surface area contributed by atoms with Crippen molar-refractivity contribution in [2.75, 3.05) is 6.54 Å². The molecule has 0 unspecified atom stereocenters. The van der Waals surface area contributed by atoms with Gasteiger partial charge in [-0.05, 0) is 29.3 Å². The second kappa shape index (κ2) is 12.4. The summed E-state index contributed by atoms with van der Waals surface area (Å²) in [5.74, 6) is -0.433.